The lowest BCUT2D eigenvalue weighted by Gasteiger charge is -2.31. The summed E-state index contributed by atoms with van der Waals surface area (Å²) in [6.45, 7) is 2.92. The number of nitro groups is 1. The van der Waals surface area contributed by atoms with E-state index >= 15 is 0 Å². The third kappa shape index (κ3) is 4.82. The van der Waals surface area contributed by atoms with E-state index in [4.69, 9.17) is 0 Å². The van der Waals surface area contributed by atoms with E-state index in [9.17, 15) is 18.5 Å². The lowest BCUT2D eigenvalue weighted by atomic mass is 10.1. The maximum absolute atomic E-state index is 11.8. The Morgan fingerprint density at radius 3 is 2.61 bits per heavy atom. The zero-order valence-electron chi connectivity index (χ0n) is 15.8. The Morgan fingerprint density at radius 2 is 2.00 bits per heavy atom. The molecule has 1 unspecified atom stereocenters. The van der Waals surface area contributed by atoms with E-state index in [1.165, 1.54) is 22.7 Å². The van der Waals surface area contributed by atoms with Crippen LogP contribution in [0.4, 0.5) is 11.5 Å². The molecule has 0 saturated carbocycles. The highest BCUT2D eigenvalue weighted by Gasteiger charge is 2.26. The van der Waals surface area contributed by atoms with Crippen LogP contribution in [0.5, 0.6) is 0 Å². The number of aryl methyl sites for hydroxylation is 1. The Bertz CT molecular complexity index is 962. The van der Waals surface area contributed by atoms with Crippen molar-refractivity contribution in [1.29, 1.82) is 0 Å². The fourth-order valence-electron chi connectivity index (χ4n) is 3.18. The van der Waals surface area contributed by atoms with Crippen LogP contribution in [0.2, 0.25) is 0 Å². The molecule has 150 valence electrons. The fraction of sp³-hybridized carbons (Fsp3) is 0.444. The molecular weight excluding hydrogens is 382 g/mol. The summed E-state index contributed by atoms with van der Waals surface area (Å²) in [4.78, 5) is 19.5. The molecule has 2 heterocycles. The Morgan fingerprint density at radius 1 is 1.29 bits per heavy atom. The van der Waals surface area contributed by atoms with E-state index in [-0.39, 0.29) is 11.7 Å². The van der Waals surface area contributed by atoms with E-state index in [0.717, 1.165) is 18.5 Å². The van der Waals surface area contributed by atoms with Crippen molar-refractivity contribution in [2.75, 3.05) is 24.7 Å². The van der Waals surface area contributed by atoms with Gasteiger partial charge in [0.05, 0.1) is 11.2 Å². The quantitative estimate of drug-likeness (QED) is 0.579. The molecule has 0 radical (unpaired) electrons. The van der Waals surface area contributed by atoms with Gasteiger partial charge < -0.3 is 5.32 Å². The van der Waals surface area contributed by atoms with Crippen LogP contribution in [0.15, 0.2) is 30.3 Å². The van der Waals surface area contributed by atoms with Gasteiger partial charge in [0.1, 0.15) is 5.82 Å². The minimum Gasteiger partial charge on any atom is -0.366 e. The molecule has 10 heteroatoms. The number of hydrogen-bond donors (Lipinski definition) is 1. The number of rotatable bonds is 6. The average molecular weight is 405 g/mol. The third-order valence-electron chi connectivity index (χ3n) is 4.68. The topological polar surface area (TPSA) is 118 Å². The first-order valence-electron chi connectivity index (χ1n) is 9.10. The van der Waals surface area contributed by atoms with Crippen molar-refractivity contribution in [2.24, 2.45) is 0 Å². The van der Waals surface area contributed by atoms with Gasteiger partial charge in [-0.15, -0.1) is 0 Å². The highest BCUT2D eigenvalue weighted by Crippen LogP contribution is 2.23. The summed E-state index contributed by atoms with van der Waals surface area (Å²) in [7, 11) is -3.22. The lowest BCUT2D eigenvalue weighted by Crippen LogP contribution is -2.44. The number of nitrogens with one attached hydrogen (secondary N) is 1. The molecule has 1 aliphatic rings. The zero-order chi connectivity index (χ0) is 20.3. The van der Waals surface area contributed by atoms with Gasteiger partial charge in [0, 0.05) is 48.6 Å². The second-order valence-electron chi connectivity index (χ2n) is 6.83. The Kier molecular flexibility index (Phi) is 5.90. The van der Waals surface area contributed by atoms with E-state index in [2.05, 4.69) is 15.3 Å². The van der Waals surface area contributed by atoms with E-state index in [0.29, 0.717) is 36.7 Å². The van der Waals surface area contributed by atoms with Gasteiger partial charge >= 0.3 is 0 Å². The summed E-state index contributed by atoms with van der Waals surface area (Å²) in [6, 6.07) is 7.93. The number of hydrogen-bond acceptors (Lipinski definition) is 7. The molecule has 1 aromatic heterocycles. The molecule has 0 bridgehead atoms. The lowest BCUT2D eigenvalue weighted by molar-refractivity contribution is -0.384. The van der Waals surface area contributed by atoms with Crippen LogP contribution in [0, 0.1) is 10.1 Å². The number of sulfonamides is 1. The van der Waals surface area contributed by atoms with Crippen molar-refractivity contribution < 1.29 is 13.3 Å². The van der Waals surface area contributed by atoms with Gasteiger partial charge in [-0.2, -0.15) is 0 Å². The second-order valence-corrected chi connectivity index (χ2v) is 8.81. The zero-order valence-corrected chi connectivity index (χ0v) is 16.6. The first-order chi connectivity index (χ1) is 13.3. The summed E-state index contributed by atoms with van der Waals surface area (Å²) in [5.74, 6) is 1.10. The van der Waals surface area contributed by atoms with Gasteiger partial charge in [0.25, 0.3) is 5.69 Å². The summed E-state index contributed by atoms with van der Waals surface area (Å²) < 4.78 is 25.1. The van der Waals surface area contributed by atoms with E-state index in [1.807, 2.05) is 13.0 Å². The number of aromatic nitrogens is 2. The Balaban J connectivity index is 1.84. The van der Waals surface area contributed by atoms with Crippen LogP contribution in [0.3, 0.4) is 0 Å². The molecule has 28 heavy (non-hydrogen) atoms. The highest BCUT2D eigenvalue weighted by molar-refractivity contribution is 7.88. The van der Waals surface area contributed by atoms with Crippen LogP contribution in [-0.2, 0) is 16.4 Å². The smallest absolute Gasteiger partial charge is 0.269 e. The maximum Gasteiger partial charge on any atom is 0.269 e. The van der Waals surface area contributed by atoms with Gasteiger partial charge in [-0.25, -0.2) is 22.7 Å². The van der Waals surface area contributed by atoms with Crippen LogP contribution in [-0.4, -0.2) is 53.0 Å². The number of nitrogens with zero attached hydrogens (tertiary/aromatic N) is 4. The van der Waals surface area contributed by atoms with Gasteiger partial charge in [-0.05, 0) is 31.4 Å². The molecule has 1 fully saturated rings. The van der Waals surface area contributed by atoms with Gasteiger partial charge in [-0.1, -0.05) is 6.92 Å². The molecule has 9 nitrogen and oxygen atoms in total. The van der Waals surface area contributed by atoms with Crippen LogP contribution < -0.4 is 5.32 Å². The summed E-state index contributed by atoms with van der Waals surface area (Å²) in [5, 5.41) is 14.2. The summed E-state index contributed by atoms with van der Waals surface area (Å²) in [5.41, 5.74) is 1.53. The molecule has 0 aliphatic carbocycles. The second kappa shape index (κ2) is 8.19. The van der Waals surface area contributed by atoms with Gasteiger partial charge in [0.2, 0.25) is 10.0 Å². The third-order valence-corrected chi connectivity index (χ3v) is 5.95. The molecule has 1 N–H and O–H groups in total. The number of nitro benzene ring substituents is 1. The molecular formula is C18H23N5O4S. The largest absolute Gasteiger partial charge is 0.366 e. The Hall–Kier alpha value is -2.59. The van der Waals surface area contributed by atoms with Crippen molar-refractivity contribution in [3.05, 3.63) is 46.1 Å². The van der Waals surface area contributed by atoms with Gasteiger partial charge in [-0.3, -0.25) is 10.1 Å². The molecule has 1 saturated heterocycles. The molecule has 0 amide bonds. The summed E-state index contributed by atoms with van der Waals surface area (Å²) in [6.07, 6.45) is 3.56. The average Bonchev–Trinajstić information content (AvgIpc) is 2.67. The number of piperidine rings is 1. The number of anilines is 1. The predicted octanol–water partition coefficient (Wildman–Crippen LogP) is 2.45. The molecule has 0 spiro atoms. The highest BCUT2D eigenvalue weighted by atomic mass is 32.2. The minimum absolute atomic E-state index is 0.0109. The van der Waals surface area contributed by atoms with E-state index < -0.39 is 14.9 Å². The first kappa shape index (κ1) is 20.2. The minimum atomic E-state index is -3.22. The van der Waals surface area contributed by atoms with Crippen molar-refractivity contribution >= 4 is 21.5 Å². The predicted molar refractivity (Wildman–Crippen MR) is 107 cm³/mol. The van der Waals surface area contributed by atoms with Gasteiger partial charge in [0.15, 0.2) is 5.82 Å². The molecule has 3 rings (SSSR count). The molecule has 2 aromatic rings. The number of non-ortho nitro benzene ring substituents is 1. The monoisotopic (exact) mass is 405 g/mol. The van der Waals surface area contributed by atoms with Crippen LogP contribution in [0.25, 0.3) is 11.4 Å². The van der Waals surface area contributed by atoms with Crippen molar-refractivity contribution in [3.63, 3.8) is 0 Å². The van der Waals surface area contributed by atoms with Crippen LogP contribution >= 0.6 is 0 Å². The van der Waals surface area contributed by atoms with Crippen molar-refractivity contribution in [1.82, 2.24) is 14.3 Å². The van der Waals surface area contributed by atoms with Crippen LogP contribution in [0.1, 0.15) is 25.5 Å². The van der Waals surface area contributed by atoms with Crippen molar-refractivity contribution in [2.45, 2.75) is 32.2 Å². The molecule has 1 atom stereocenters. The Labute approximate surface area is 164 Å². The standard InChI is InChI=1S/C18H23N5O4S/c1-3-14-11-17(19-15-5-4-10-22(12-15)28(2,26)27)21-18(20-14)13-6-8-16(9-7-13)23(24)25/h6-9,11,15H,3-5,10,12H2,1-2H3,(H,19,20,21). The van der Waals surface area contributed by atoms with E-state index in [1.54, 1.807) is 12.1 Å². The number of benzene rings is 1. The summed E-state index contributed by atoms with van der Waals surface area (Å²) >= 11 is 0. The first-order valence-corrected chi connectivity index (χ1v) is 11.0. The molecule has 1 aromatic carbocycles. The fourth-order valence-corrected chi connectivity index (χ4v) is 4.10. The van der Waals surface area contributed by atoms with Crippen molar-refractivity contribution in [3.8, 4) is 11.4 Å². The molecule has 1 aliphatic heterocycles. The normalized spacial score (nSPS) is 18.0. The SMILES string of the molecule is CCc1cc(NC2CCCN(S(C)(=O)=O)C2)nc(-c2ccc([N+](=O)[O-])cc2)n1. The maximum atomic E-state index is 11.8.